The summed E-state index contributed by atoms with van der Waals surface area (Å²) >= 11 is 0. The number of rotatable bonds is 5. The van der Waals surface area contributed by atoms with Gasteiger partial charge in [0.1, 0.15) is 0 Å². The largest absolute Gasteiger partial charge is 0.336 e. The van der Waals surface area contributed by atoms with Crippen molar-refractivity contribution >= 4 is 33.4 Å². The minimum atomic E-state index is 0.0744. The Morgan fingerprint density at radius 1 is 0.633 bits per heavy atom. The fourth-order valence-corrected chi connectivity index (χ4v) is 5.95. The molecule has 8 heteroatoms. The van der Waals surface area contributed by atoms with Gasteiger partial charge in [-0.25, -0.2) is 0 Å². The smallest absolute Gasteiger partial charge is 0.255 e. The number of hydrogen-bond acceptors (Lipinski definition) is 6. The van der Waals surface area contributed by atoms with Crippen molar-refractivity contribution in [3.63, 3.8) is 0 Å². The molecular weight excluding hydrogens is 416 g/mol. The summed E-state index contributed by atoms with van der Waals surface area (Å²) in [5.41, 5.74) is 1.45. The molecule has 2 aliphatic rings. The van der Waals surface area contributed by atoms with Crippen LogP contribution in [0.4, 0.5) is 0 Å². The van der Waals surface area contributed by atoms with E-state index >= 15 is 0 Å². The summed E-state index contributed by atoms with van der Waals surface area (Å²) in [4.78, 5) is 31.7. The molecule has 158 valence electrons. The van der Waals surface area contributed by atoms with Gasteiger partial charge >= 0.3 is 0 Å². The van der Waals surface area contributed by atoms with Crippen LogP contribution in [0.15, 0.2) is 58.3 Å². The lowest BCUT2D eigenvalue weighted by Crippen LogP contribution is -2.46. The van der Waals surface area contributed by atoms with Crippen LogP contribution >= 0.6 is 21.6 Å². The van der Waals surface area contributed by atoms with E-state index in [2.05, 4.69) is 10.6 Å². The Hall–Kier alpha value is -2.00. The molecule has 0 saturated carbocycles. The Kier molecular flexibility index (Phi) is 7.33. The monoisotopic (exact) mass is 442 g/mol. The van der Waals surface area contributed by atoms with Crippen molar-refractivity contribution in [1.82, 2.24) is 20.4 Å². The number of benzene rings is 2. The van der Waals surface area contributed by atoms with Crippen molar-refractivity contribution in [3.8, 4) is 0 Å². The number of carbonyl (C=O) groups excluding carboxylic acids is 2. The van der Waals surface area contributed by atoms with Gasteiger partial charge in [-0.15, -0.1) is 0 Å². The van der Waals surface area contributed by atoms with Crippen molar-refractivity contribution in [2.24, 2.45) is 0 Å². The predicted molar refractivity (Wildman–Crippen MR) is 122 cm³/mol. The van der Waals surface area contributed by atoms with Gasteiger partial charge in [0.15, 0.2) is 0 Å². The first kappa shape index (κ1) is 21.2. The predicted octanol–water partition coefficient (Wildman–Crippen LogP) is 2.58. The summed E-state index contributed by atoms with van der Waals surface area (Å²) in [5, 5.41) is 6.57. The van der Waals surface area contributed by atoms with E-state index in [9.17, 15) is 9.59 Å². The molecule has 2 N–H and O–H groups in total. The van der Waals surface area contributed by atoms with Gasteiger partial charge in [0.2, 0.25) is 0 Å². The molecule has 0 unspecified atom stereocenters. The molecule has 0 spiro atoms. The van der Waals surface area contributed by atoms with Crippen molar-refractivity contribution in [1.29, 1.82) is 0 Å². The highest BCUT2D eigenvalue weighted by atomic mass is 33.1. The molecule has 2 amide bonds. The fourth-order valence-electron chi connectivity index (χ4n) is 3.60. The highest BCUT2D eigenvalue weighted by molar-refractivity contribution is 8.76. The first-order chi connectivity index (χ1) is 14.7. The Labute approximate surface area is 185 Å². The molecule has 0 atom stereocenters. The van der Waals surface area contributed by atoms with Crippen molar-refractivity contribution in [2.75, 3.05) is 52.4 Å². The van der Waals surface area contributed by atoms with Crippen LogP contribution in [0, 0.1) is 0 Å². The van der Waals surface area contributed by atoms with Gasteiger partial charge in [-0.3, -0.25) is 9.59 Å². The van der Waals surface area contributed by atoms with Crippen molar-refractivity contribution in [3.05, 3.63) is 59.7 Å². The Bertz CT molecular complexity index is 823. The van der Waals surface area contributed by atoms with Crippen LogP contribution in [0.2, 0.25) is 0 Å². The Morgan fingerprint density at radius 2 is 1.00 bits per heavy atom. The topological polar surface area (TPSA) is 64.7 Å². The zero-order valence-electron chi connectivity index (χ0n) is 16.8. The standard InChI is InChI=1S/C22H26N4O2S2/c27-21(25-13-9-23-10-14-25)17-5-1-3-7-19(17)29-30-20-8-4-2-6-18(20)22(28)26-15-11-24-12-16-26/h1-8,23-24H,9-16H2. The van der Waals surface area contributed by atoms with Crippen LogP contribution in [-0.2, 0) is 0 Å². The van der Waals surface area contributed by atoms with Gasteiger partial charge in [0.05, 0.1) is 11.1 Å². The van der Waals surface area contributed by atoms with Crippen molar-refractivity contribution < 1.29 is 9.59 Å². The van der Waals surface area contributed by atoms with Gasteiger partial charge in [-0.1, -0.05) is 45.9 Å². The van der Waals surface area contributed by atoms with E-state index in [1.54, 1.807) is 21.6 Å². The highest BCUT2D eigenvalue weighted by Gasteiger charge is 2.23. The minimum Gasteiger partial charge on any atom is -0.336 e. The summed E-state index contributed by atoms with van der Waals surface area (Å²) in [6.45, 7) is 6.24. The van der Waals surface area contributed by atoms with E-state index in [0.717, 1.165) is 73.3 Å². The number of nitrogens with one attached hydrogen (secondary N) is 2. The second-order valence-corrected chi connectivity index (χ2v) is 9.46. The van der Waals surface area contributed by atoms with E-state index in [4.69, 9.17) is 0 Å². The summed E-state index contributed by atoms with van der Waals surface area (Å²) < 4.78 is 0. The van der Waals surface area contributed by atoms with Crippen LogP contribution in [0.3, 0.4) is 0 Å². The maximum atomic E-state index is 13.0. The maximum absolute atomic E-state index is 13.0. The molecule has 30 heavy (non-hydrogen) atoms. The maximum Gasteiger partial charge on any atom is 0.255 e. The van der Waals surface area contributed by atoms with Crippen LogP contribution < -0.4 is 10.6 Å². The molecule has 2 saturated heterocycles. The fraction of sp³-hybridized carbons (Fsp3) is 0.364. The lowest BCUT2D eigenvalue weighted by atomic mass is 10.2. The molecule has 0 aromatic heterocycles. The zero-order valence-corrected chi connectivity index (χ0v) is 18.4. The normalized spacial score (nSPS) is 17.1. The third-order valence-electron chi connectivity index (χ3n) is 5.26. The summed E-state index contributed by atoms with van der Waals surface area (Å²) in [7, 11) is 3.08. The number of carbonyl (C=O) groups is 2. The molecule has 2 aliphatic heterocycles. The highest BCUT2D eigenvalue weighted by Crippen LogP contribution is 2.41. The molecule has 2 aromatic carbocycles. The van der Waals surface area contributed by atoms with Crippen LogP contribution in [0.1, 0.15) is 20.7 Å². The summed E-state index contributed by atoms with van der Waals surface area (Å²) in [6.07, 6.45) is 0. The van der Waals surface area contributed by atoms with E-state index in [-0.39, 0.29) is 11.8 Å². The first-order valence-electron chi connectivity index (χ1n) is 10.3. The lowest BCUT2D eigenvalue weighted by Gasteiger charge is -2.28. The lowest BCUT2D eigenvalue weighted by molar-refractivity contribution is 0.0725. The molecule has 2 fully saturated rings. The summed E-state index contributed by atoms with van der Waals surface area (Å²) in [5.74, 6) is 0.149. The Morgan fingerprint density at radius 3 is 1.40 bits per heavy atom. The molecule has 6 nitrogen and oxygen atoms in total. The van der Waals surface area contributed by atoms with E-state index in [1.807, 2.05) is 58.3 Å². The van der Waals surface area contributed by atoms with Gasteiger partial charge in [-0.05, 0) is 24.3 Å². The molecule has 2 heterocycles. The van der Waals surface area contributed by atoms with Crippen molar-refractivity contribution in [2.45, 2.75) is 9.79 Å². The average Bonchev–Trinajstić information content (AvgIpc) is 2.83. The number of amides is 2. The molecule has 4 rings (SSSR count). The quantitative estimate of drug-likeness (QED) is 0.694. The third-order valence-corrected chi connectivity index (χ3v) is 7.75. The molecule has 0 bridgehead atoms. The van der Waals surface area contributed by atoms with Gasteiger partial charge in [-0.2, -0.15) is 0 Å². The van der Waals surface area contributed by atoms with Gasteiger partial charge < -0.3 is 20.4 Å². The first-order valence-corrected chi connectivity index (χ1v) is 12.4. The molecule has 0 radical (unpaired) electrons. The van der Waals surface area contributed by atoms with Gasteiger partial charge in [0.25, 0.3) is 11.8 Å². The average molecular weight is 443 g/mol. The van der Waals surface area contributed by atoms with Gasteiger partial charge in [0, 0.05) is 62.1 Å². The van der Waals surface area contributed by atoms with Crippen LogP contribution in [0.5, 0.6) is 0 Å². The van der Waals surface area contributed by atoms with Crippen LogP contribution in [-0.4, -0.2) is 74.0 Å². The van der Waals surface area contributed by atoms with E-state index in [1.165, 1.54) is 0 Å². The molecule has 0 aliphatic carbocycles. The van der Waals surface area contributed by atoms with E-state index in [0.29, 0.717) is 0 Å². The SMILES string of the molecule is O=C(c1ccccc1SSc1ccccc1C(=O)N1CCNCC1)N1CCNCC1. The molecular formula is C22H26N4O2S2. The van der Waals surface area contributed by atoms with E-state index < -0.39 is 0 Å². The number of hydrogen-bond donors (Lipinski definition) is 2. The minimum absolute atomic E-state index is 0.0744. The Balaban J connectivity index is 1.49. The second-order valence-electron chi connectivity index (χ2n) is 7.24. The number of piperazine rings is 2. The van der Waals surface area contributed by atoms with Crippen LogP contribution in [0.25, 0.3) is 0 Å². The molecule has 2 aromatic rings. The number of nitrogens with zero attached hydrogens (tertiary/aromatic N) is 2. The second kappa shape index (κ2) is 10.3. The zero-order chi connectivity index (χ0) is 20.8. The third kappa shape index (κ3) is 5.00. The summed E-state index contributed by atoms with van der Waals surface area (Å²) in [6, 6.07) is 15.5.